The number of allylic oxidation sites excluding steroid dienone is 4. The number of carbonyl (C=O) groups excluding carboxylic acids is 2. The van der Waals surface area contributed by atoms with E-state index in [2.05, 4.69) is 5.18 Å². The number of hydrogen-bond donors (Lipinski definition) is 1. The Hall–Kier alpha value is -1.77. The van der Waals surface area contributed by atoms with Crippen molar-refractivity contribution in [2.24, 2.45) is 27.8 Å². The van der Waals surface area contributed by atoms with Crippen LogP contribution in [0.1, 0.15) is 53.4 Å². The molecule has 1 saturated heterocycles. The van der Waals surface area contributed by atoms with Crippen LogP contribution in [0.5, 0.6) is 0 Å². The second-order valence-electron chi connectivity index (χ2n) is 11.1. The monoisotopic (exact) mass is 447 g/mol. The van der Waals surface area contributed by atoms with E-state index in [4.69, 9.17) is 9.47 Å². The van der Waals surface area contributed by atoms with Crippen LogP contribution >= 0.6 is 0 Å². The molecule has 0 amide bonds. The van der Waals surface area contributed by atoms with Crippen LogP contribution in [-0.4, -0.2) is 52.5 Å². The van der Waals surface area contributed by atoms with Crippen LogP contribution in [0.25, 0.3) is 0 Å². The van der Waals surface area contributed by atoms with Gasteiger partial charge in [0.15, 0.2) is 28.6 Å². The molecule has 1 aliphatic heterocycles. The zero-order valence-corrected chi connectivity index (χ0v) is 18.9. The number of nitrogens with zero attached hydrogens (tertiary/aromatic N) is 1. The van der Waals surface area contributed by atoms with Gasteiger partial charge in [0.1, 0.15) is 6.54 Å². The molecule has 4 fully saturated rings. The van der Waals surface area contributed by atoms with Crippen molar-refractivity contribution in [1.82, 2.24) is 0 Å². The van der Waals surface area contributed by atoms with Crippen molar-refractivity contribution in [3.63, 3.8) is 0 Å². The molecule has 32 heavy (non-hydrogen) atoms. The third-order valence-corrected chi connectivity index (χ3v) is 9.26. The fourth-order valence-electron chi connectivity index (χ4n) is 7.98. The third kappa shape index (κ3) is 2.36. The van der Waals surface area contributed by atoms with Crippen LogP contribution in [0.4, 0.5) is 4.39 Å². The van der Waals surface area contributed by atoms with Gasteiger partial charge in [-0.25, -0.2) is 4.39 Å². The highest BCUT2D eigenvalue weighted by Crippen LogP contribution is 2.72. The number of ketones is 2. The van der Waals surface area contributed by atoms with Crippen molar-refractivity contribution in [3.05, 3.63) is 28.7 Å². The molecule has 4 aliphatic carbocycles. The quantitative estimate of drug-likeness (QED) is 0.667. The SMILES string of the molecule is CC1(C)O[C@@H]2CC3C4CCC5=CC(=O)C=CC5(C)[C@@]4(F)[C@@H](O)CC3(C)[C@]2(C(=O)CN=O)O1. The van der Waals surface area contributed by atoms with Crippen molar-refractivity contribution in [2.75, 3.05) is 6.54 Å². The van der Waals surface area contributed by atoms with E-state index in [-0.39, 0.29) is 18.1 Å². The van der Waals surface area contributed by atoms with Gasteiger partial charge in [0, 0.05) is 16.7 Å². The van der Waals surface area contributed by atoms with E-state index < -0.39 is 58.3 Å². The Balaban J connectivity index is 1.63. The Labute approximate surface area is 186 Å². The number of ether oxygens (including phenoxy) is 2. The van der Waals surface area contributed by atoms with E-state index in [1.807, 2.05) is 6.92 Å². The maximum absolute atomic E-state index is 17.2. The minimum atomic E-state index is -2.00. The van der Waals surface area contributed by atoms with Crippen molar-refractivity contribution in [3.8, 4) is 0 Å². The molecule has 5 aliphatic rings. The second kappa shape index (κ2) is 6.42. The molecule has 1 N–H and O–H groups in total. The minimum absolute atomic E-state index is 0.0180. The molecule has 0 aromatic heterocycles. The topological polar surface area (TPSA) is 102 Å². The molecule has 0 radical (unpaired) electrons. The summed E-state index contributed by atoms with van der Waals surface area (Å²) in [6.07, 6.45) is 3.81. The smallest absolute Gasteiger partial charge is 0.192 e. The molecule has 8 atom stereocenters. The van der Waals surface area contributed by atoms with Gasteiger partial charge >= 0.3 is 0 Å². The van der Waals surface area contributed by atoms with E-state index in [0.717, 1.165) is 0 Å². The first-order chi connectivity index (χ1) is 14.9. The fourth-order valence-corrected chi connectivity index (χ4v) is 7.98. The fraction of sp³-hybridized carbons (Fsp3) is 0.750. The summed E-state index contributed by atoms with van der Waals surface area (Å²) in [7, 11) is 0. The van der Waals surface area contributed by atoms with Gasteiger partial charge in [-0.05, 0) is 64.5 Å². The second-order valence-corrected chi connectivity index (χ2v) is 11.1. The summed E-state index contributed by atoms with van der Waals surface area (Å²) in [6, 6.07) is 0. The lowest BCUT2D eigenvalue weighted by atomic mass is 9.44. The zero-order valence-electron chi connectivity index (χ0n) is 18.9. The molecule has 3 saturated carbocycles. The average molecular weight is 448 g/mol. The molecular formula is C24H30FNO6. The molecule has 0 spiro atoms. The number of hydrogen-bond acceptors (Lipinski definition) is 7. The highest BCUT2D eigenvalue weighted by atomic mass is 19.1. The van der Waals surface area contributed by atoms with Gasteiger partial charge in [0.25, 0.3) is 0 Å². The summed E-state index contributed by atoms with van der Waals surface area (Å²) in [5.74, 6) is -2.56. The van der Waals surface area contributed by atoms with Crippen LogP contribution in [0, 0.1) is 27.6 Å². The first kappa shape index (κ1) is 22.0. The maximum atomic E-state index is 17.2. The summed E-state index contributed by atoms with van der Waals surface area (Å²) in [5, 5.41) is 14.2. The number of rotatable bonds is 3. The van der Waals surface area contributed by atoms with Crippen LogP contribution < -0.4 is 0 Å². The highest BCUT2D eigenvalue weighted by Gasteiger charge is 2.80. The molecule has 5 rings (SSSR count). The van der Waals surface area contributed by atoms with Crippen molar-refractivity contribution >= 4 is 11.6 Å². The van der Waals surface area contributed by atoms with Crippen LogP contribution in [-0.2, 0) is 19.1 Å². The average Bonchev–Trinajstić information content (AvgIpc) is 3.10. The van der Waals surface area contributed by atoms with Gasteiger partial charge in [-0.2, -0.15) is 4.91 Å². The summed E-state index contributed by atoms with van der Waals surface area (Å²) < 4.78 is 29.6. The normalized spacial score (nSPS) is 50.7. The number of alkyl halides is 1. The van der Waals surface area contributed by atoms with E-state index in [1.165, 1.54) is 12.2 Å². The van der Waals surface area contributed by atoms with Gasteiger partial charge in [-0.15, -0.1) is 0 Å². The highest BCUT2D eigenvalue weighted by molar-refractivity contribution is 6.01. The molecular weight excluding hydrogens is 417 g/mol. The predicted octanol–water partition coefficient (Wildman–Crippen LogP) is 3.19. The van der Waals surface area contributed by atoms with Gasteiger partial charge in [-0.3, -0.25) is 9.59 Å². The molecule has 0 bridgehead atoms. The summed E-state index contributed by atoms with van der Waals surface area (Å²) in [6.45, 7) is 6.49. The zero-order chi connectivity index (χ0) is 23.3. The Morgan fingerprint density at radius 2 is 2.00 bits per heavy atom. The van der Waals surface area contributed by atoms with Gasteiger partial charge in [-0.1, -0.05) is 23.7 Å². The molecule has 0 aromatic rings. The largest absolute Gasteiger partial charge is 0.390 e. The Morgan fingerprint density at radius 3 is 2.69 bits per heavy atom. The summed E-state index contributed by atoms with van der Waals surface area (Å²) in [5.41, 5.74) is -4.80. The Morgan fingerprint density at radius 1 is 1.28 bits per heavy atom. The van der Waals surface area contributed by atoms with Gasteiger partial charge in [0.2, 0.25) is 0 Å². The van der Waals surface area contributed by atoms with Gasteiger partial charge < -0.3 is 14.6 Å². The minimum Gasteiger partial charge on any atom is -0.390 e. The molecule has 1 heterocycles. The Kier molecular flexibility index (Phi) is 4.42. The van der Waals surface area contributed by atoms with Crippen LogP contribution in [0.3, 0.4) is 0 Å². The number of halogens is 1. The van der Waals surface area contributed by atoms with Crippen molar-refractivity contribution in [2.45, 2.75) is 82.6 Å². The first-order valence-corrected chi connectivity index (χ1v) is 11.4. The number of carbonyl (C=O) groups is 2. The molecule has 0 aromatic carbocycles. The standard InChI is InChI=1S/C24H30FNO6/c1-20(2)31-19-10-16-15-6-5-13-9-14(27)7-8-21(13,3)23(15,25)17(28)11-22(16,4)24(19,32-20)18(29)12-26-30/h7-9,15-17,19,28H,5-6,10-12H2,1-4H3/t15?,16?,17-,19+,21?,22?,23-,24+/m0/s1. The number of aliphatic hydroxyl groups is 1. The third-order valence-electron chi connectivity index (χ3n) is 9.26. The molecule has 7 nitrogen and oxygen atoms in total. The maximum Gasteiger partial charge on any atom is 0.192 e. The lowest BCUT2D eigenvalue weighted by molar-refractivity contribution is -0.245. The van der Waals surface area contributed by atoms with Crippen LogP contribution in [0.15, 0.2) is 29.0 Å². The number of aliphatic hydroxyl groups excluding tert-OH is 1. The molecule has 174 valence electrons. The number of nitroso groups, excluding NO2 is 1. The van der Waals surface area contributed by atoms with E-state index >= 15 is 4.39 Å². The van der Waals surface area contributed by atoms with E-state index in [0.29, 0.717) is 24.8 Å². The van der Waals surface area contributed by atoms with E-state index in [1.54, 1.807) is 26.8 Å². The lowest BCUT2D eigenvalue weighted by Crippen LogP contribution is -2.69. The van der Waals surface area contributed by atoms with Gasteiger partial charge in [0.05, 0.1) is 12.2 Å². The predicted molar refractivity (Wildman–Crippen MR) is 112 cm³/mol. The van der Waals surface area contributed by atoms with Crippen molar-refractivity contribution in [1.29, 1.82) is 0 Å². The summed E-state index contributed by atoms with van der Waals surface area (Å²) in [4.78, 5) is 36.3. The number of Topliss-reactive ketones (excluding diaryl/α,β-unsaturated/α-hetero) is 1. The first-order valence-electron chi connectivity index (χ1n) is 11.4. The molecule has 8 heteroatoms. The van der Waals surface area contributed by atoms with Crippen molar-refractivity contribution < 1.29 is 28.6 Å². The van der Waals surface area contributed by atoms with E-state index in [9.17, 15) is 19.6 Å². The Bertz CT molecular complexity index is 976. The number of fused-ring (bicyclic) bond motifs is 7. The summed E-state index contributed by atoms with van der Waals surface area (Å²) >= 11 is 0. The lowest BCUT2D eigenvalue weighted by Gasteiger charge is -2.62. The molecule has 4 unspecified atom stereocenters. The van der Waals surface area contributed by atoms with Crippen LogP contribution in [0.2, 0.25) is 0 Å².